The van der Waals surface area contributed by atoms with Crippen LogP contribution in [0.4, 0.5) is 10.7 Å². The number of aryl methyl sites for hydroxylation is 1. The molecule has 1 aromatic rings. The molecule has 9 heteroatoms. The van der Waals surface area contributed by atoms with Crippen LogP contribution >= 0.6 is 0 Å². The molecule has 1 saturated heterocycles. The normalized spacial score (nSPS) is 15.2. The highest BCUT2D eigenvalue weighted by atomic mass is 16.6. The summed E-state index contributed by atoms with van der Waals surface area (Å²) in [6, 6.07) is 0. The first-order chi connectivity index (χ1) is 12.1. The van der Waals surface area contributed by atoms with E-state index >= 15 is 0 Å². The van der Waals surface area contributed by atoms with E-state index < -0.39 is 11.7 Å². The van der Waals surface area contributed by atoms with Crippen molar-refractivity contribution in [1.82, 2.24) is 19.8 Å². The fourth-order valence-corrected chi connectivity index (χ4v) is 2.65. The maximum absolute atomic E-state index is 12.5. The van der Waals surface area contributed by atoms with Gasteiger partial charge in [0.05, 0.1) is 6.20 Å². The molecule has 0 atom stereocenters. The van der Waals surface area contributed by atoms with Crippen molar-refractivity contribution in [2.45, 2.75) is 39.2 Å². The van der Waals surface area contributed by atoms with E-state index in [1.165, 1.54) is 4.90 Å². The van der Waals surface area contributed by atoms with Gasteiger partial charge in [-0.1, -0.05) is 0 Å². The number of nitrogens with zero attached hydrogens (tertiary/aromatic N) is 4. The zero-order chi connectivity index (χ0) is 19.5. The van der Waals surface area contributed by atoms with Crippen molar-refractivity contribution in [3.63, 3.8) is 0 Å². The maximum atomic E-state index is 12.5. The number of ether oxygens (including phenoxy) is 1. The molecule has 2 rings (SSSR count). The zero-order valence-corrected chi connectivity index (χ0v) is 16.0. The van der Waals surface area contributed by atoms with Gasteiger partial charge in [-0.2, -0.15) is 0 Å². The van der Waals surface area contributed by atoms with Crippen molar-refractivity contribution >= 4 is 23.9 Å². The van der Waals surface area contributed by atoms with Gasteiger partial charge < -0.3 is 14.6 Å². The molecule has 0 unspecified atom stereocenters. The van der Waals surface area contributed by atoms with Gasteiger partial charge in [-0.25, -0.2) is 9.78 Å². The molecule has 1 fully saturated rings. The van der Waals surface area contributed by atoms with E-state index in [1.807, 2.05) is 11.6 Å². The molecule has 0 aliphatic carbocycles. The Bertz CT molecular complexity index is 692. The fourth-order valence-electron chi connectivity index (χ4n) is 2.65. The van der Waals surface area contributed by atoms with Crippen LogP contribution in [0, 0.1) is 0 Å². The zero-order valence-electron chi connectivity index (χ0n) is 16.0. The Kier molecular flexibility index (Phi) is 5.89. The van der Waals surface area contributed by atoms with Crippen LogP contribution in [-0.4, -0.2) is 64.6 Å². The second-order valence-corrected chi connectivity index (χ2v) is 7.23. The summed E-state index contributed by atoms with van der Waals surface area (Å²) in [5, 5.41) is 2.58. The second kappa shape index (κ2) is 7.76. The minimum Gasteiger partial charge on any atom is -0.444 e. The highest BCUT2D eigenvalue weighted by Gasteiger charge is 2.32. The van der Waals surface area contributed by atoms with Crippen LogP contribution in [0.15, 0.2) is 6.20 Å². The van der Waals surface area contributed by atoms with Gasteiger partial charge in [0.15, 0.2) is 0 Å². The highest BCUT2D eigenvalue weighted by molar-refractivity contribution is 5.96. The standard InChI is InChI=1S/C17H27N5O4/c1-17(2,3)26-16(25)21-8-9-22(14(24)11-21)15-19-10-12(20(15)5)6-7-13(23)18-4/h10H,6-9,11H2,1-5H3,(H,18,23). The molecule has 9 nitrogen and oxygen atoms in total. The van der Waals surface area contributed by atoms with E-state index in [4.69, 9.17) is 4.74 Å². The maximum Gasteiger partial charge on any atom is 0.410 e. The monoisotopic (exact) mass is 365 g/mol. The molecule has 26 heavy (non-hydrogen) atoms. The smallest absolute Gasteiger partial charge is 0.410 e. The van der Waals surface area contributed by atoms with Crippen LogP contribution in [0.25, 0.3) is 0 Å². The van der Waals surface area contributed by atoms with E-state index in [-0.39, 0.29) is 18.4 Å². The van der Waals surface area contributed by atoms with Crippen molar-refractivity contribution in [3.8, 4) is 0 Å². The average molecular weight is 365 g/mol. The Balaban J connectivity index is 2.01. The molecule has 1 aliphatic heterocycles. The van der Waals surface area contributed by atoms with Crippen LogP contribution in [0.1, 0.15) is 32.9 Å². The molecule has 144 valence electrons. The highest BCUT2D eigenvalue weighted by Crippen LogP contribution is 2.19. The summed E-state index contributed by atoms with van der Waals surface area (Å²) in [6.07, 6.45) is 2.08. The molecule has 0 spiro atoms. The lowest BCUT2D eigenvalue weighted by atomic mass is 10.2. The summed E-state index contributed by atoms with van der Waals surface area (Å²) in [7, 11) is 3.41. The van der Waals surface area contributed by atoms with Crippen LogP contribution < -0.4 is 10.2 Å². The number of rotatable bonds is 4. The molecule has 0 saturated carbocycles. The SMILES string of the molecule is CNC(=O)CCc1cnc(N2CCN(C(=O)OC(C)(C)C)CC2=O)n1C. The van der Waals surface area contributed by atoms with Gasteiger partial charge in [0.1, 0.15) is 12.1 Å². The number of piperazine rings is 1. The number of anilines is 1. The summed E-state index contributed by atoms with van der Waals surface area (Å²) < 4.78 is 7.13. The van der Waals surface area contributed by atoms with Crippen molar-refractivity contribution in [2.75, 3.05) is 31.6 Å². The van der Waals surface area contributed by atoms with Gasteiger partial charge in [-0.15, -0.1) is 0 Å². The molecular weight excluding hydrogens is 338 g/mol. The number of imidazole rings is 1. The molecule has 0 bridgehead atoms. The topological polar surface area (TPSA) is 96.8 Å². The van der Waals surface area contributed by atoms with Crippen molar-refractivity contribution in [2.24, 2.45) is 7.05 Å². The molecular formula is C17H27N5O4. The Morgan fingerprint density at radius 1 is 1.31 bits per heavy atom. The number of hydrogen-bond donors (Lipinski definition) is 1. The summed E-state index contributed by atoms with van der Waals surface area (Å²) in [4.78, 5) is 43.3. The van der Waals surface area contributed by atoms with E-state index in [0.29, 0.717) is 31.9 Å². The third-order valence-corrected chi connectivity index (χ3v) is 4.06. The number of hydrogen-bond acceptors (Lipinski definition) is 5. The predicted octanol–water partition coefficient (Wildman–Crippen LogP) is 0.682. The Hall–Kier alpha value is -2.58. The van der Waals surface area contributed by atoms with Crippen molar-refractivity contribution in [3.05, 3.63) is 11.9 Å². The number of aromatic nitrogens is 2. The Labute approximate surface area is 153 Å². The predicted molar refractivity (Wildman–Crippen MR) is 95.8 cm³/mol. The first-order valence-corrected chi connectivity index (χ1v) is 8.62. The number of carbonyl (C=O) groups excluding carboxylic acids is 3. The first kappa shape index (κ1) is 19.7. The fraction of sp³-hybridized carbons (Fsp3) is 0.647. The van der Waals surface area contributed by atoms with Crippen molar-refractivity contribution in [1.29, 1.82) is 0 Å². The van der Waals surface area contributed by atoms with Crippen LogP contribution in [0.5, 0.6) is 0 Å². The molecule has 1 aromatic heterocycles. The van der Waals surface area contributed by atoms with Gasteiger partial charge in [0.2, 0.25) is 17.8 Å². The first-order valence-electron chi connectivity index (χ1n) is 8.62. The number of amides is 3. The van der Waals surface area contributed by atoms with Gasteiger partial charge in [0, 0.05) is 39.3 Å². The van der Waals surface area contributed by atoms with E-state index in [2.05, 4.69) is 10.3 Å². The van der Waals surface area contributed by atoms with Gasteiger partial charge in [-0.05, 0) is 27.2 Å². The number of carbonyl (C=O) groups is 3. The molecule has 3 amide bonds. The van der Waals surface area contributed by atoms with Crippen molar-refractivity contribution < 1.29 is 19.1 Å². The second-order valence-electron chi connectivity index (χ2n) is 7.23. The van der Waals surface area contributed by atoms with Gasteiger partial charge >= 0.3 is 6.09 Å². The van der Waals surface area contributed by atoms with E-state index in [1.54, 1.807) is 38.9 Å². The minimum atomic E-state index is -0.601. The lowest BCUT2D eigenvalue weighted by Gasteiger charge is -2.34. The Morgan fingerprint density at radius 3 is 2.58 bits per heavy atom. The Morgan fingerprint density at radius 2 is 2.00 bits per heavy atom. The van der Waals surface area contributed by atoms with E-state index in [0.717, 1.165) is 5.69 Å². The third-order valence-electron chi connectivity index (χ3n) is 4.06. The molecule has 0 radical (unpaired) electrons. The third kappa shape index (κ3) is 4.74. The number of nitrogens with one attached hydrogen (secondary N) is 1. The molecule has 2 heterocycles. The van der Waals surface area contributed by atoms with Gasteiger partial charge in [-0.3, -0.25) is 19.4 Å². The van der Waals surface area contributed by atoms with Crippen LogP contribution in [-0.2, 0) is 27.8 Å². The summed E-state index contributed by atoms with van der Waals surface area (Å²) in [5.41, 5.74) is 0.266. The van der Waals surface area contributed by atoms with Gasteiger partial charge in [0.25, 0.3) is 0 Å². The average Bonchev–Trinajstić information content (AvgIpc) is 2.91. The molecule has 1 aliphatic rings. The molecule has 0 aromatic carbocycles. The quantitative estimate of drug-likeness (QED) is 0.846. The van der Waals surface area contributed by atoms with E-state index in [9.17, 15) is 14.4 Å². The summed E-state index contributed by atoms with van der Waals surface area (Å²) >= 11 is 0. The largest absolute Gasteiger partial charge is 0.444 e. The lowest BCUT2D eigenvalue weighted by molar-refractivity contribution is -0.121. The minimum absolute atomic E-state index is 0.0463. The summed E-state index contributed by atoms with van der Waals surface area (Å²) in [5.74, 6) is 0.259. The van der Waals surface area contributed by atoms with Crippen LogP contribution in [0.2, 0.25) is 0 Å². The molecule has 1 N–H and O–H groups in total. The lowest BCUT2D eigenvalue weighted by Crippen LogP contribution is -2.54. The van der Waals surface area contributed by atoms with Crippen LogP contribution in [0.3, 0.4) is 0 Å². The summed E-state index contributed by atoms with van der Waals surface area (Å²) in [6.45, 7) is 6.04.